The van der Waals surface area contributed by atoms with Gasteiger partial charge in [-0.25, -0.2) is 0 Å². The van der Waals surface area contributed by atoms with E-state index in [4.69, 9.17) is 9.47 Å². The van der Waals surface area contributed by atoms with Crippen molar-refractivity contribution in [1.29, 1.82) is 0 Å². The largest absolute Gasteiger partial charge is 0.459 e. The van der Waals surface area contributed by atoms with E-state index >= 15 is 0 Å². The van der Waals surface area contributed by atoms with E-state index < -0.39 is 5.92 Å². The van der Waals surface area contributed by atoms with Crippen LogP contribution in [0.1, 0.15) is 39.5 Å². The summed E-state index contributed by atoms with van der Waals surface area (Å²) in [5.74, 6) is -1.01. The van der Waals surface area contributed by atoms with Crippen LogP contribution in [-0.4, -0.2) is 30.1 Å². The molecule has 1 aliphatic carbocycles. The predicted molar refractivity (Wildman–Crippen MR) is 68.4 cm³/mol. The Bertz CT molecular complexity index is 441. The van der Waals surface area contributed by atoms with E-state index in [1.807, 2.05) is 0 Å². The van der Waals surface area contributed by atoms with Gasteiger partial charge < -0.3 is 14.3 Å². The third kappa shape index (κ3) is 2.12. The molecule has 0 aromatic carbocycles. The molecule has 0 amide bonds. The monoisotopic (exact) mass is 264 g/mol. The minimum atomic E-state index is -0.606. The molecule has 104 valence electrons. The molecule has 0 aromatic rings. The van der Waals surface area contributed by atoms with Gasteiger partial charge in [0.05, 0.1) is 5.60 Å². The number of carbonyl (C=O) groups excluding carboxylic acids is 2. The molecular weight excluding hydrogens is 244 g/mol. The molecule has 0 saturated carbocycles. The number of hydrogen-bond donors (Lipinski definition) is 0. The van der Waals surface area contributed by atoms with E-state index in [9.17, 15) is 9.59 Å². The lowest BCUT2D eigenvalue weighted by atomic mass is 9.81. The third-order valence-corrected chi connectivity index (χ3v) is 4.80. The maximum atomic E-state index is 11.8. The Morgan fingerprint density at radius 3 is 3.00 bits per heavy atom. The van der Waals surface area contributed by atoms with Crippen molar-refractivity contribution >= 4 is 12.3 Å². The summed E-state index contributed by atoms with van der Waals surface area (Å²) >= 11 is 0. The first-order valence-corrected chi connectivity index (χ1v) is 7.04. The average molecular weight is 264 g/mol. The van der Waals surface area contributed by atoms with Crippen molar-refractivity contribution in [1.82, 2.24) is 0 Å². The van der Waals surface area contributed by atoms with Crippen molar-refractivity contribution in [3.05, 3.63) is 11.6 Å². The van der Waals surface area contributed by atoms with Gasteiger partial charge in [0.1, 0.15) is 24.4 Å². The van der Waals surface area contributed by atoms with Crippen molar-refractivity contribution in [2.45, 2.75) is 57.3 Å². The van der Waals surface area contributed by atoms with Crippen LogP contribution in [0.2, 0.25) is 0 Å². The van der Waals surface area contributed by atoms with Crippen LogP contribution in [0.25, 0.3) is 0 Å². The topological polar surface area (TPSA) is 55.9 Å². The standard InChI is InChI=1S/C15H20O4/c1-9-4-3-7-15(2)13(19-15)12-10(6-5-9)11(8-16)14(17)18-12/h4,8,10-13H,3,5-7H2,1-2H3/b9-4+/t10-,11-,12+,13-,15+/m0/s1. The Morgan fingerprint density at radius 2 is 2.26 bits per heavy atom. The number of aldehydes is 1. The van der Waals surface area contributed by atoms with E-state index in [0.717, 1.165) is 32.0 Å². The number of esters is 1. The number of allylic oxidation sites excluding steroid dienone is 2. The fourth-order valence-corrected chi connectivity index (χ4v) is 3.44. The fourth-order valence-electron chi connectivity index (χ4n) is 3.44. The Balaban J connectivity index is 1.87. The zero-order valence-corrected chi connectivity index (χ0v) is 11.4. The number of epoxide rings is 1. The van der Waals surface area contributed by atoms with Gasteiger partial charge in [0.15, 0.2) is 0 Å². The first kappa shape index (κ1) is 12.9. The van der Waals surface area contributed by atoms with Gasteiger partial charge in [0.25, 0.3) is 0 Å². The van der Waals surface area contributed by atoms with Crippen LogP contribution in [0.5, 0.6) is 0 Å². The summed E-state index contributed by atoms with van der Waals surface area (Å²) in [6.07, 6.45) is 6.42. The molecule has 0 spiro atoms. The summed E-state index contributed by atoms with van der Waals surface area (Å²) in [5, 5.41) is 0. The van der Waals surface area contributed by atoms with Gasteiger partial charge in [-0.2, -0.15) is 0 Å². The minimum absolute atomic E-state index is 0.0294. The van der Waals surface area contributed by atoms with E-state index in [-0.39, 0.29) is 29.7 Å². The average Bonchev–Trinajstić information content (AvgIpc) is 2.92. The molecule has 2 fully saturated rings. The lowest BCUT2D eigenvalue weighted by Crippen LogP contribution is -2.30. The van der Waals surface area contributed by atoms with Gasteiger partial charge in [-0.1, -0.05) is 11.6 Å². The summed E-state index contributed by atoms with van der Waals surface area (Å²) < 4.78 is 11.2. The van der Waals surface area contributed by atoms with Crippen molar-refractivity contribution in [2.75, 3.05) is 0 Å². The highest BCUT2D eigenvalue weighted by Gasteiger charge is 2.62. The molecule has 5 atom stereocenters. The van der Waals surface area contributed by atoms with E-state index in [2.05, 4.69) is 19.9 Å². The first-order valence-electron chi connectivity index (χ1n) is 7.04. The van der Waals surface area contributed by atoms with Crippen LogP contribution >= 0.6 is 0 Å². The van der Waals surface area contributed by atoms with Gasteiger partial charge in [-0.05, 0) is 39.5 Å². The SMILES string of the molecule is C/C1=C\CC[C@@]2(C)O[C@H]2[C@@H]2OC(=O)[C@@H](C=O)[C@@H]2CC1. The quantitative estimate of drug-likeness (QED) is 0.239. The Hall–Kier alpha value is -1.16. The number of hydrogen-bond acceptors (Lipinski definition) is 4. The summed E-state index contributed by atoms with van der Waals surface area (Å²) in [5.41, 5.74) is 1.14. The second-order valence-electron chi connectivity index (χ2n) is 6.21. The highest BCUT2D eigenvalue weighted by molar-refractivity contribution is 5.90. The van der Waals surface area contributed by atoms with E-state index in [1.165, 1.54) is 5.57 Å². The molecule has 0 N–H and O–H groups in total. The van der Waals surface area contributed by atoms with Gasteiger partial charge in [-0.3, -0.25) is 4.79 Å². The van der Waals surface area contributed by atoms with Crippen molar-refractivity contribution in [3.63, 3.8) is 0 Å². The maximum absolute atomic E-state index is 11.8. The smallest absolute Gasteiger partial charge is 0.316 e. The predicted octanol–water partition coefficient (Wildman–Crippen LogP) is 2.02. The lowest BCUT2D eigenvalue weighted by molar-refractivity contribution is -0.145. The summed E-state index contributed by atoms with van der Waals surface area (Å²) in [7, 11) is 0. The van der Waals surface area contributed by atoms with E-state index in [1.54, 1.807) is 0 Å². The molecule has 2 heterocycles. The Labute approximate surface area is 113 Å². The van der Waals surface area contributed by atoms with Crippen LogP contribution < -0.4 is 0 Å². The molecule has 4 heteroatoms. The van der Waals surface area contributed by atoms with Gasteiger partial charge in [-0.15, -0.1) is 0 Å². The normalized spacial score (nSPS) is 48.3. The van der Waals surface area contributed by atoms with Crippen LogP contribution in [0, 0.1) is 11.8 Å². The molecule has 0 bridgehead atoms. The van der Waals surface area contributed by atoms with Crippen LogP contribution in [0.4, 0.5) is 0 Å². The lowest BCUT2D eigenvalue weighted by Gasteiger charge is -2.20. The van der Waals surface area contributed by atoms with Crippen LogP contribution in [0.3, 0.4) is 0 Å². The molecule has 4 nitrogen and oxygen atoms in total. The van der Waals surface area contributed by atoms with Gasteiger partial charge >= 0.3 is 5.97 Å². The number of rotatable bonds is 1. The summed E-state index contributed by atoms with van der Waals surface area (Å²) in [6, 6.07) is 0. The van der Waals surface area contributed by atoms with Crippen molar-refractivity contribution in [3.8, 4) is 0 Å². The van der Waals surface area contributed by atoms with Crippen LogP contribution in [0.15, 0.2) is 11.6 Å². The maximum Gasteiger partial charge on any atom is 0.316 e. The minimum Gasteiger partial charge on any atom is -0.459 e. The Morgan fingerprint density at radius 1 is 1.47 bits per heavy atom. The third-order valence-electron chi connectivity index (χ3n) is 4.80. The van der Waals surface area contributed by atoms with E-state index in [0.29, 0.717) is 0 Å². The molecule has 3 aliphatic rings. The molecule has 0 aromatic heterocycles. The zero-order valence-electron chi connectivity index (χ0n) is 11.4. The number of ether oxygens (including phenoxy) is 2. The molecule has 0 radical (unpaired) electrons. The summed E-state index contributed by atoms with van der Waals surface area (Å²) in [6.45, 7) is 4.18. The molecule has 3 rings (SSSR count). The first-order chi connectivity index (χ1) is 9.05. The highest BCUT2D eigenvalue weighted by Crippen LogP contribution is 2.49. The summed E-state index contributed by atoms with van der Waals surface area (Å²) in [4.78, 5) is 22.9. The fraction of sp³-hybridized carbons (Fsp3) is 0.733. The van der Waals surface area contributed by atoms with Gasteiger partial charge in [0.2, 0.25) is 0 Å². The molecule has 19 heavy (non-hydrogen) atoms. The number of fused-ring (bicyclic) bond motifs is 3. The van der Waals surface area contributed by atoms with Crippen molar-refractivity contribution in [2.24, 2.45) is 11.8 Å². The molecular formula is C15H20O4. The second kappa shape index (κ2) is 4.44. The zero-order chi connectivity index (χ0) is 13.6. The molecule has 2 saturated heterocycles. The highest BCUT2D eigenvalue weighted by atomic mass is 16.6. The Kier molecular flexibility index (Phi) is 3.01. The van der Waals surface area contributed by atoms with Crippen molar-refractivity contribution < 1.29 is 19.1 Å². The second-order valence-corrected chi connectivity index (χ2v) is 6.21. The molecule has 0 unspecified atom stereocenters. The van der Waals surface area contributed by atoms with Gasteiger partial charge in [0, 0.05) is 5.92 Å². The molecule has 2 aliphatic heterocycles. The van der Waals surface area contributed by atoms with Crippen LogP contribution in [-0.2, 0) is 19.1 Å². The number of carbonyl (C=O) groups is 2.